The third kappa shape index (κ3) is 4.75. The molecule has 0 aromatic heterocycles. The lowest BCUT2D eigenvalue weighted by Crippen LogP contribution is -2.20. The van der Waals surface area contributed by atoms with Crippen molar-refractivity contribution in [3.63, 3.8) is 0 Å². The van der Waals surface area contributed by atoms with E-state index in [9.17, 15) is 14.7 Å². The van der Waals surface area contributed by atoms with E-state index in [-0.39, 0.29) is 23.5 Å². The van der Waals surface area contributed by atoms with Gasteiger partial charge in [0.25, 0.3) is 5.91 Å². The summed E-state index contributed by atoms with van der Waals surface area (Å²) in [6.07, 6.45) is 0.106. The summed E-state index contributed by atoms with van der Waals surface area (Å²) in [5, 5.41) is 13.6. The topological polar surface area (TPSA) is 78.8 Å². The molecule has 0 saturated heterocycles. The van der Waals surface area contributed by atoms with E-state index < -0.39 is 5.91 Å². The number of nitrogens with zero attached hydrogens (tertiary/aromatic N) is 1. The second-order valence-electron chi connectivity index (χ2n) is 4.92. The normalized spacial score (nSPS) is 11.1. The molecule has 0 saturated carbocycles. The lowest BCUT2D eigenvalue weighted by Gasteiger charge is -2.05. The van der Waals surface area contributed by atoms with Crippen molar-refractivity contribution in [1.29, 1.82) is 0 Å². The Morgan fingerprint density at radius 2 is 1.87 bits per heavy atom. The zero-order valence-corrected chi connectivity index (χ0v) is 14.0. The van der Waals surface area contributed by atoms with Crippen molar-refractivity contribution >= 4 is 33.3 Å². The molecule has 0 heterocycles. The largest absolute Gasteiger partial charge is 0.507 e. The summed E-state index contributed by atoms with van der Waals surface area (Å²) in [5.74, 6) is -0.763. The van der Waals surface area contributed by atoms with E-state index in [1.807, 2.05) is 6.07 Å². The molecule has 118 valence electrons. The second kappa shape index (κ2) is 7.69. The van der Waals surface area contributed by atoms with Crippen LogP contribution >= 0.6 is 15.9 Å². The summed E-state index contributed by atoms with van der Waals surface area (Å²) in [6, 6.07) is 13.4. The molecule has 2 N–H and O–H groups in total. The highest BCUT2D eigenvalue weighted by molar-refractivity contribution is 9.10. The van der Waals surface area contributed by atoms with Gasteiger partial charge in [-0.25, -0.2) is 5.43 Å². The molecule has 0 bridgehead atoms. The quantitative estimate of drug-likeness (QED) is 0.477. The van der Waals surface area contributed by atoms with Crippen LogP contribution in [0.2, 0.25) is 0 Å². The van der Waals surface area contributed by atoms with Crippen molar-refractivity contribution in [3.8, 4) is 5.75 Å². The third-order valence-corrected chi connectivity index (χ3v) is 3.56. The third-order valence-electron chi connectivity index (χ3n) is 3.06. The Morgan fingerprint density at radius 1 is 1.17 bits per heavy atom. The first-order valence-corrected chi connectivity index (χ1v) is 7.67. The fourth-order valence-corrected chi connectivity index (χ4v) is 2.26. The van der Waals surface area contributed by atoms with Crippen molar-refractivity contribution in [2.45, 2.75) is 13.3 Å². The van der Waals surface area contributed by atoms with Crippen LogP contribution in [-0.4, -0.2) is 22.5 Å². The molecular weight excluding hydrogens is 360 g/mol. The summed E-state index contributed by atoms with van der Waals surface area (Å²) >= 11 is 3.23. The lowest BCUT2D eigenvalue weighted by molar-refractivity contribution is 0.0948. The highest BCUT2D eigenvalue weighted by Crippen LogP contribution is 2.21. The van der Waals surface area contributed by atoms with Gasteiger partial charge in [0.2, 0.25) is 0 Å². The number of Topliss-reactive ketones (excluding diaryl/α,β-unsaturated/α-hetero) is 1. The van der Waals surface area contributed by atoms with Crippen LogP contribution in [0, 0.1) is 0 Å². The molecule has 5 nitrogen and oxygen atoms in total. The number of carbonyl (C=O) groups excluding carboxylic acids is 2. The number of benzene rings is 2. The zero-order valence-electron chi connectivity index (χ0n) is 12.4. The average molecular weight is 375 g/mol. The number of amides is 1. The number of aromatic hydroxyl groups is 1. The smallest absolute Gasteiger partial charge is 0.275 e. The molecular formula is C17H15BrN2O3. The van der Waals surface area contributed by atoms with Crippen LogP contribution in [0.3, 0.4) is 0 Å². The Hall–Kier alpha value is -2.47. The van der Waals surface area contributed by atoms with Crippen molar-refractivity contribution in [3.05, 3.63) is 64.1 Å². The maximum Gasteiger partial charge on any atom is 0.275 e. The van der Waals surface area contributed by atoms with E-state index in [1.54, 1.807) is 37.3 Å². The molecule has 0 atom stereocenters. The van der Waals surface area contributed by atoms with Gasteiger partial charge in [-0.1, -0.05) is 46.3 Å². The van der Waals surface area contributed by atoms with Crippen molar-refractivity contribution in [2.24, 2.45) is 5.10 Å². The van der Waals surface area contributed by atoms with Gasteiger partial charge in [-0.3, -0.25) is 9.59 Å². The average Bonchev–Trinajstić information content (AvgIpc) is 2.55. The molecule has 0 aliphatic carbocycles. The van der Waals surface area contributed by atoms with E-state index >= 15 is 0 Å². The molecule has 0 unspecified atom stereocenters. The predicted molar refractivity (Wildman–Crippen MR) is 91.8 cm³/mol. The molecule has 2 aromatic rings. The number of rotatable bonds is 5. The van der Waals surface area contributed by atoms with Gasteiger partial charge in [0.1, 0.15) is 5.75 Å². The minimum atomic E-state index is -0.546. The summed E-state index contributed by atoms with van der Waals surface area (Å²) in [6.45, 7) is 1.65. The first-order chi connectivity index (χ1) is 11.0. The number of phenolic OH excluding ortho intramolecular Hbond substituents is 1. The summed E-state index contributed by atoms with van der Waals surface area (Å²) in [4.78, 5) is 24.0. The number of phenols is 1. The maximum atomic E-state index is 12.0. The first-order valence-electron chi connectivity index (χ1n) is 6.87. The molecule has 0 aliphatic heterocycles. The fourth-order valence-electron chi connectivity index (χ4n) is 1.89. The van der Waals surface area contributed by atoms with Crippen LogP contribution in [0.4, 0.5) is 0 Å². The second-order valence-corrected chi connectivity index (χ2v) is 5.83. The minimum absolute atomic E-state index is 0.0774. The number of halogens is 1. The first kappa shape index (κ1) is 16.9. The summed E-state index contributed by atoms with van der Waals surface area (Å²) < 4.78 is 0.667. The molecule has 2 rings (SSSR count). The molecule has 0 fully saturated rings. The van der Waals surface area contributed by atoms with Crippen LogP contribution in [-0.2, 0) is 0 Å². The Labute approximate surface area is 142 Å². The van der Waals surface area contributed by atoms with Crippen LogP contribution in [0.25, 0.3) is 0 Å². The van der Waals surface area contributed by atoms with Crippen LogP contribution < -0.4 is 5.43 Å². The van der Waals surface area contributed by atoms with Crippen LogP contribution in [0.15, 0.2) is 58.1 Å². The van der Waals surface area contributed by atoms with Gasteiger partial charge in [-0.15, -0.1) is 0 Å². The summed E-state index contributed by atoms with van der Waals surface area (Å²) in [7, 11) is 0. The van der Waals surface area contributed by atoms with E-state index in [1.165, 1.54) is 12.1 Å². The van der Waals surface area contributed by atoms with E-state index in [0.717, 1.165) is 0 Å². The van der Waals surface area contributed by atoms with Gasteiger partial charge in [-0.2, -0.15) is 5.10 Å². The van der Waals surface area contributed by atoms with E-state index in [4.69, 9.17) is 0 Å². The van der Waals surface area contributed by atoms with Gasteiger partial charge in [0.05, 0.1) is 12.0 Å². The Kier molecular flexibility index (Phi) is 5.65. The highest BCUT2D eigenvalue weighted by Gasteiger charge is 2.12. The molecule has 23 heavy (non-hydrogen) atoms. The Balaban J connectivity index is 2.00. The molecule has 1 amide bonds. The predicted octanol–water partition coefficient (Wildman–Crippen LogP) is 3.53. The minimum Gasteiger partial charge on any atom is -0.507 e. The van der Waals surface area contributed by atoms with Crippen molar-refractivity contribution in [1.82, 2.24) is 5.43 Å². The maximum absolute atomic E-state index is 12.0. The van der Waals surface area contributed by atoms with Gasteiger partial charge < -0.3 is 5.11 Å². The molecule has 0 aliphatic rings. The van der Waals surface area contributed by atoms with Crippen LogP contribution in [0.5, 0.6) is 5.75 Å². The lowest BCUT2D eigenvalue weighted by atomic mass is 10.1. The van der Waals surface area contributed by atoms with Gasteiger partial charge in [0.15, 0.2) is 5.78 Å². The van der Waals surface area contributed by atoms with Gasteiger partial charge >= 0.3 is 0 Å². The fraction of sp³-hybridized carbons (Fsp3) is 0.118. The number of hydrogen-bond donors (Lipinski definition) is 2. The Bertz CT molecular complexity index is 758. The molecule has 2 aromatic carbocycles. The summed E-state index contributed by atoms with van der Waals surface area (Å²) in [5.41, 5.74) is 3.51. The highest BCUT2D eigenvalue weighted by atomic mass is 79.9. The van der Waals surface area contributed by atoms with Crippen molar-refractivity contribution in [2.75, 3.05) is 0 Å². The number of hydrogen-bond acceptors (Lipinski definition) is 4. The molecule has 0 radical (unpaired) electrons. The number of carbonyl (C=O) groups is 2. The number of hydrazone groups is 1. The van der Waals surface area contributed by atoms with Gasteiger partial charge in [-0.05, 0) is 25.1 Å². The van der Waals surface area contributed by atoms with E-state index in [0.29, 0.717) is 15.7 Å². The number of ketones is 1. The number of nitrogens with one attached hydrogen (secondary N) is 1. The van der Waals surface area contributed by atoms with Gasteiger partial charge in [0, 0.05) is 15.7 Å². The monoisotopic (exact) mass is 374 g/mol. The standard InChI is InChI=1S/C17H15BrN2O3/c1-11(9-16(22)12-5-3-2-4-6-12)19-20-17(23)14-10-13(18)7-8-15(14)21/h2-8,10,21H,9H2,1H3,(H,20,23)/b19-11-. The molecule has 0 spiro atoms. The Morgan fingerprint density at radius 3 is 2.57 bits per heavy atom. The van der Waals surface area contributed by atoms with Crippen LogP contribution in [0.1, 0.15) is 34.1 Å². The van der Waals surface area contributed by atoms with E-state index in [2.05, 4.69) is 26.5 Å². The molecule has 6 heteroatoms. The zero-order chi connectivity index (χ0) is 16.8. The van der Waals surface area contributed by atoms with Crippen molar-refractivity contribution < 1.29 is 14.7 Å². The SMILES string of the molecule is C/C(CC(=O)c1ccccc1)=N/NC(=O)c1cc(Br)ccc1O.